The van der Waals surface area contributed by atoms with Crippen LogP contribution in [0.1, 0.15) is 26.2 Å². The van der Waals surface area contributed by atoms with Crippen LogP contribution in [0.4, 0.5) is 0 Å². The normalized spacial score (nSPS) is 22.3. The minimum Gasteiger partial charge on any atom is -0.332 e. The van der Waals surface area contributed by atoms with E-state index in [1.54, 1.807) is 18.3 Å². The van der Waals surface area contributed by atoms with Crippen molar-refractivity contribution in [1.29, 1.82) is 0 Å². The second-order valence-corrected chi connectivity index (χ2v) is 8.02. The third-order valence-corrected chi connectivity index (χ3v) is 6.20. The number of fused-ring (bicyclic) bond motifs is 1. The highest BCUT2D eigenvalue weighted by atomic mass is 32.2. The van der Waals surface area contributed by atoms with Gasteiger partial charge in [0.05, 0.1) is 31.2 Å². The Morgan fingerprint density at radius 3 is 2.91 bits per heavy atom. The van der Waals surface area contributed by atoms with Crippen LogP contribution in [-0.4, -0.2) is 39.1 Å². The summed E-state index contributed by atoms with van der Waals surface area (Å²) < 4.78 is 28.0. The molecule has 1 aromatic heterocycles. The molecule has 5 nitrogen and oxygen atoms in total. The molecular formula is C17H24N3O2S+. The topological polar surface area (TPSA) is 63.5 Å². The number of aromatic nitrogens is 1. The number of piperidine rings is 1. The number of benzene rings is 1. The Labute approximate surface area is 137 Å². The third kappa shape index (κ3) is 3.71. The molecular weight excluding hydrogens is 310 g/mol. The maximum atomic E-state index is 12.6. The van der Waals surface area contributed by atoms with Gasteiger partial charge in [0.15, 0.2) is 0 Å². The maximum Gasteiger partial charge on any atom is 0.242 e. The highest BCUT2D eigenvalue weighted by molar-refractivity contribution is 7.89. The highest BCUT2D eigenvalue weighted by Crippen LogP contribution is 2.20. The number of quaternary nitrogens is 1. The van der Waals surface area contributed by atoms with Crippen molar-refractivity contribution in [3.63, 3.8) is 0 Å². The number of rotatable bonds is 5. The van der Waals surface area contributed by atoms with E-state index in [-0.39, 0.29) is 4.90 Å². The summed E-state index contributed by atoms with van der Waals surface area (Å²) in [6.07, 6.45) is 5.38. The molecule has 0 saturated carbocycles. The van der Waals surface area contributed by atoms with E-state index < -0.39 is 10.0 Å². The van der Waals surface area contributed by atoms with Crippen molar-refractivity contribution in [3.05, 3.63) is 36.5 Å². The molecule has 2 aromatic rings. The van der Waals surface area contributed by atoms with Gasteiger partial charge in [0.1, 0.15) is 4.90 Å². The molecule has 6 heteroatoms. The summed E-state index contributed by atoms with van der Waals surface area (Å²) in [5.74, 6) is 0. The van der Waals surface area contributed by atoms with E-state index in [1.807, 2.05) is 18.2 Å². The molecule has 1 fully saturated rings. The average molecular weight is 334 g/mol. The minimum absolute atomic E-state index is 0.261. The molecule has 124 valence electrons. The molecule has 2 N–H and O–H groups in total. The number of sulfonamides is 1. The highest BCUT2D eigenvalue weighted by Gasteiger charge is 2.23. The van der Waals surface area contributed by atoms with E-state index in [1.165, 1.54) is 24.2 Å². The zero-order valence-electron chi connectivity index (χ0n) is 13.5. The summed E-state index contributed by atoms with van der Waals surface area (Å²) >= 11 is 0. The van der Waals surface area contributed by atoms with Crippen LogP contribution in [0.25, 0.3) is 10.9 Å². The standard InChI is InChI=1S/C17H23N3O2S/c1-14-6-2-3-12-20(14)13-11-19-23(21,22)16-9-4-7-15-8-5-10-18-17(15)16/h4-5,7-10,14,19H,2-3,6,11-13H2,1H3/p+1. The van der Waals surface area contributed by atoms with E-state index in [0.717, 1.165) is 18.5 Å². The minimum atomic E-state index is -3.53. The molecule has 0 amide bonds. The average Bonchev–Trinajstić information content (AvgIpc) is 2.56. The predicted molar refractivity (Wildman–Crippen MR) is 90.9 cm³/mol. The number of nitrogens with one attached hydrogen (secondary N) is 2. The van der Waals surface area contributed by atoms with Crippen LogP contribution in [-0.2, 0) is 10.0 Å². The van der Waals surface area contributed by atoms with Gasteiger partial charge >= 0.3 is 0 Å². The molecule has 0 radical (unpaired) electrons. The van der Waals surface area contributed by atoms with E-state index in [2.05, 4.69) is 16.6 Å². The van der Waals surface area contributed by atoms with Gasteiger partial charge in [0.2, 0.25) is 10.0 Å². The Bertz CT molecular complexity index is 771. The number of nitrogens with zero attached hydrogens (tertiary/aromatic N) is 1. The molecule has 0 aliphatic carbocycles. The van der Waals surface area contributed by atoms with Gasteiger partial charge in [0, 0.05) is 11.6 Å². The van der Waals surface area contributed by atoms with Gasteiger partial charge in [-0.3, -0.25) is 4.98 Å². The molecule has 1 aromatic carbocycles. The van der Waals surface area contributed by atoms with Crippen LogP contribution in [0.2, 0.25) is 0 Å². The lowest BCUT2D eigenvalue weighted by Gasteiger charge is -2.30. The SMILES string of the molecule is CC1CCCC[NH+]1CCNS(=O)(=O)c1cccc2cccnc12. The van der Waals surface area contributed by atoms with Crippen molar-refractivity contribution in [2.24, 2.45) is 0 Å². The van der Waals surface area contributed by atoms with Crippen molar-refractivity contribution in [3.8, 4) is 0 Å². The summed E-state index contributed by atoms with van der Waals surface area (Å²) in [7, 11) is -3.53. The zero-order chi connectivity index (χ0) is 16.3. The molecule has 1 saturated heterocycles. The van der Waals surface area contributed by atoms with Crippen LogP contribution < -0.4 is 9.62 Å². The first-order valence-corrected chi connectivity index (χ1v) is 9.74. The lowest BCUT2D eigenvalue weighted by atomic mass is 10.0. The predicted octanol–water partition coefficient (Wildman–Crippen LogP) is 0.970. The van der Waals surface area contributed by atoms with Gasteiger partial charge in [-0.2, -0.15) is 0 Å². The first kappa shape index (κ1) is 16.4. The fraction of sp³-hybridized carbons (Fsp3) is 0.471. The Balaban J connectivity index is 1.71. The van der Waals surface area contributed by atoms with E-state index in [0.29, 0.717) is 18.1 Å². The first-order chi connectivity index (χ1) is 11.1. The van der Waals surface area contributed by atoms with E-state index in [9.17, 15) is 8.42 Å². The lowest BCUT2D eigenvalue weighted by molar-refractivity contribution is -0.927. The molecule has 2 atom stereocenters. The van der Waals surface area contributed by atoms with Gasteiger partial charge in [0.25, 0.3) is 0 Å². The second kappa shape index (κ2) is 6.95. The third-order valence-electron chi connectivity index (χ3n) is 4.71. The van der Waals surface area contributed by atoms with Gasteiger partial charge in [-0.25, -0.2) is 13.1 Å². The lowest BCUT2D eigenvalue weighted by Crippen LogP contribution is -3.16. The fourth-order valence-electron chi connectivity index (χ4n) is 3.34. The number of hydrogen-bond acceptors (Lipinski definition) is 3. The molecule has 1 aliphatic rings. The van der Waals surface area contributed by atoms with Crippen molar-refractivity contribution < 1.29 is 13.3 Å². The Morgan fingerprint density at radius 2 is 2.09 bits per heavy atom. The Hall–Kier alpha value is -1.50. The number of hydrogen-bond donors (Lipinski definition) is 2. The summed E-state index contributed by atoms with van der Waals surface area (Å²) in [5, 5.41) is 0.839. The molecule has 2 unspecified atom stereocenters. The van der Waals surface area contributed by atoms with Crippen LogP contribution in [0.3, 0.4) is 0 Å². The van der Waals surface area contributed by atoms with Gasteiger partial charge in [-0.1, -0.05) is 18.2 Å². The van der Waals surface area contributed by atoms with Gasteiger partial charge < -0.3 is 4.90 Å². The first-order valence-electron chi connectivity index (χ1n) is 8.26. The number of para-hydroxylation sites is 1. The smallest absolute Gasteiger partial charge is 0.242 e. The maximum absolute atomic E-state index is 12.6. The van der Waals surface area contributed by atoms with Crippen LogP contribution >= 0.6 is 0 Å². The molecule has 23 heavy (non-hydrogen) atoms. The summed E-state index contributed by atoms with van der Waals surface area (Å²) in [6.45, 7) is 4.68. The molecule has 2 heterocycles. The molecule has 0 spiro atoms. The number of likely N-dealkylation sites (tertiary alicyclic amines) is 1. The van der Waals surface area contributed by atoms with Crippen LogP contribution in [0.15, 0.2) is 41.4 Å². The van der Waals surface area contributed by atoms with Gasteiger partial charge in [-0.05, 0) is 38.3 Å². The van der Waals surface area contributed by atoms with Crippen molar-refractivity contribution >= 4 is 20.9 Å². The summed E-state index contributed by atoms with van der Waals surface area (Å²) in [6, 6.07) is 9.56. The quantitative estimate of drug-likeness (QED) is 0.856. The monoisotopic (exact) mass is 334 g/mol. The van der Waals surface area contributed by atoms with E-state index in [4.69, 9.17) is 0 Å². The van der Waals surface area contributed by atoms with Crippen molar-refractivity contribution in [1.82, 2.24) is 9.71 Å². The summed E-state index contributed by atoms with van der Waals surface area (Å²) in [5.41, 5.74) is 0.529. The molecule has 3 rings (SSSR count). The zero-order valence-corrected chi connectivity index (χ0v) is 14.3. The van der Waals surface area contributed by atoms with Crippen LogP contribution in [0.5, 0.6) is 0 Å². The van der Waals surface area contributed by atoms with Crippen molar-refractivity contribution in [2.75, 3.05) is 19.6 Å². The largest absolute Gasteiger partial charge is 0.332 e. The van der Waals surface area contributed by atoms with Crippen LogP contribution in [0, 0.1) is 0 Å². The Kier molecular flexibility index (Phi) is 4.94. The van der Waals surface area contributed by atoms with Gasteiger partial charge in [-0.15, -0.1) is 0 Å². The second-order valence-electron chi connectivity index (χ2n) is 6.28. The number of pyridine rings is 1. The fourth-order valence-corrected chi connectivity index (χ4v) is 4.55. The Morgan fingerprint density at radius 1 is 1.26 bits per heavy atom. The molecule has 0 bridgehead atoms. The van der Waals surface area contributed by atoms with Crippen molar-refractivity contribution in [2.45, 2.75) is 37.1 Å². The van der Waals surface area contributed by atoms with E-state index >= 15 is 0 Å². The molecule has 1 aliphatic heterocycles. The summed E-state index contributed by atoms with van der Waals surface area (Å²) in [4.78, 5) is 5.99.